The molecule has 0 spiro atoms. The van der Waals surface area contributed by atoms with E-state index in [2.05, 4.69) is 41.3 Å². The van der Waals surface area contributed by atoms with Crippen LogP contribution in [0.25, 0.3) is 11.2 Å². The number of carbonyl (C=O) groups is 3. The minimum Gasteiger partial charge on any atom is -0.393 e. The molecule has 1 aliphatic heterocycles. The number of phosphoric acid groups is 3. The molecule has 67 heavy (non-hydrogen) atoms. The lowest BCUT2D eigenvalue weighted by Gasteiger charge is -2.30. The van der Waals surface area contributed by atoms with Crippen molar-refractivity contribution in [2.75, 3.05) is 37.8 Å². The number of unbranched alkanes of at least 4 members (excludes halogenated alkanes) is 9. The molecule has 2 aromatic rings. The summed E-state index contributed by atoms with van der Waals surface area (Å²) in [7, 11) is -16.4. The van der Waals surface area contributed by atoms with Gasteiger partial charge in [-0.1, -0.05) is 96.7 Å². The van der Waals surface area contributed by atoms with Crippen LogP contribution in [0.4, 0.5) is 5.82 Å². The Balaban J connectivity index is 1.31. The maximum Gasteiger partial charge on any atom is 0.481 e. The van der Waals surface area contributed by atoms with Gasteiger partial charge in [0.2, 0.25) is 11.8 Å². The van der Waals surface area contributed by atoms with E-state index in [9.17, 15) is 63.0 Å². The lowest BCUT2D eigenvalue weighted by Crippen LogP contribution is -2.46. The summed E-state index contributed by atoms with van der Waals surface area (Å²) in [5.41, 5.74) is 4.27. The van der Waals surface area contributed by atoms with E-state index in [0.29, 0.717) is 12.2 Å². The molecule has 0 radical (unpaired) electrons. The number of carbonyl (C=O) groups excluding carboxylic acids is 3. The number of rotatable bonds is 34. The molecule has 0 aliphatic carbocycles. The number of aliphatic hydroxyl groups is 3. The van der Waals surface area contributed by atoms with Crippen molar-refractivity contribution in [2.45, 2.75) is 154 Å². The van der Waals surface area contributed by atoms with E-state index < -0.39 is 84.6 Å². The van der Waals surface area contributed by atoms with Crippen molar-refractivity contribution in [3.05, 3.63) is 12.7 Å². The molecule has 29 heteroatoms. The summed E-state index contributed by atoms with van der Waals surface area (Å²) < 4.78 is 62.4. The molecule has 8 unspecified atom stereocenters. The number of thioether (sulfide) groups is 1. The van der Waals surface area contributed by atoms with Crippen LogP contribution in [-0.4, -0.2) is 134 Å². The van der Waals surface area contributed by atoms with Crippen LogP contribution in [-0.2, 0) is 50.7 Å². The Morgan fingerprint density at radius 3 is 2.16 bits per heavy atom. The molecule has 1 fully saturated rings. The quantitative estimate of drug-likeness (QED) is 0.0354. The Morgan fingerprint density at radius 2 is 1.51 bits per heavy atom. The molecular formula is C38H68N7O18P3S. The van der Waals surface area contributed by atoms with Gasteiger partial charge in [-0.15, -0.1) is 0 Å². The van der Waals surface area contributed by atoms with Gasteiger partial charge in [0.25, 0.3) is 0 Å². The van der Waals surface area contributed by atoms with E-state index >= 15 is 0 Å². The molecule has 3 heterocycles. The van der Waals surface area contributed by atoms with Gasteiger partial charge >= 0.3 is 23.5 Å². The monoisotopic (exact) mass is 1040 g/mol. The van der Waals surface area contributed by atoms with Crippen LogP contribution in [0.1, 0.15) is 123 Å². The molecule has 0 bridgehead atoms. The fraction of sp³-hybridized carbons (Fsp3) is 0.789. The number of nitrogens with one attached hydrogen (secondary N) is 2. The summed E-state index contributed by atoms with van der Waals surface area (Å²) in [6.45, 7) is 2.71. The highest BCUT2D eigenvalue weighted by atomic mass is 32.2. The number of amides is 2. The number of hydrogen-bond donors (Lipinski definition) is 10. The molecule has 3 rings (SSSR count). The number of nitrogens with zero attached hydrogens (tertiary/aromatic N) is 4. The minimum absolute atomic E-state index is 0.0303. The summed E-state index contributed by atoms with van der Waals surface area (Å²) in [6, 6.07) is 0. The number of nitrogen functional groups attached to an aromatic ring is 1. The lowest BCUT2D eigenvalue weighted by molar-refractivity contribution is -0.137. The van der Waals surface area contributed by atoms with Crippen LogP contribution >= 0.6 is 35.2 Å². The molecule has 0 aromatic carbocycles. The number of ether oxygens (including phenoxy) is 1. The largest absolute Gasteiger partial charge is 0.481 e. The fourth-order valence-electron chi connectivity index (χ4n) is 6.85. The molecule has 11 N–H and O–H groups in total. The first-order chi connectivity index (χ1) is 31.4. The van der Waals surface area contributed by atoms with E-state index in [1.165, 1.54) is 39.5 Å². The van der Waals surface area contributed by atoms with Gasteiger partial charge in [0.05, 0.1) is 25.6 Å². The number of aromatic nitrogens is 4. The first kappa shape index (κ1) is 58.8. The maximum absolute atomic E-state index is 12.7. The van der Waals surface area contributed by atoms with Crippen molar-refractivity contribution in [1.29, 1.82) is 0 Å². The van der Waals surface area contributed by atoms with Gasteiger partial charge in [-0.25, -0.2) is 28.6 Å². The molecule has 2 amide bonds. The Morgan fingerprint density at radius 1 is 0.881 bits per heavy atom. The first-order valence-corrected chi connectivity index (χ1v) is 27.7. The zero-order valence-corrected chi connectivity index (χ0v) is 41.5. The van der Waals surface area contributed by atoms with E-state index in [4.69, 9.17) is 19.5 Å². The molecule has 1 aliphatic rings. The van der Waals surface area contributed by atoms with Gasteiger partial charge in [0, 0.05) is 37.1 Å². The molecule has 384 valence electrons. The van der Waals surface area contributed by atoms with Crippen LogP contribution in [0.5, 0.6) is 0 Å². The van der Waals surface area contributed by atoms with Crippen LogP contribution in [0, 0.1) is 5.41 Å². The summed E-state index contributed by atoms with van der Waals surface area (Å²) in [4.78, 5) is 88.3. The van der Waals surface area contributed by atoms with E-state index in [0.717, 1.165) is 86.8 Å². The second-order valence-electron chi connectivity index (χ2n) is 16.8. The predicted molar refractivity (Wildman–Crippen MR) is 243 cm³/mol. The average molecular weight is 1040 g/mol. The zero-order chi connectivity index (χ0) is 49.8. The third-order valence-corrected chi connectivity index (χ3v) is 14.6. The van der Waals surface area contributed by atoms with Gasteiger partial charge in [0.1, 0.15) is 36.3 Å². The van der Waals surface area contributed by atoms with Gasteiger partial charge < -0.3 is 56.0 Å². The van der Waals surface area contributed by atoms with Gasteiger partial charge in [-0.2, -0.15) is 4.31 Å². The molecular weight excluding hydrogens is 967 g/mol. The van der Waals surface area contributed by atoms with Crippen LogP contribution in [0.3, 0.4) is 0 Å². The van der Waals surface area contributed by atoms with E-state index in [1.807, 2.05) is 0 Å². The average Bonchev–Trinajstić information content (AvgIpc) is 3.81. The smallest absolute Gasteiger partial charge is 0.393 e. The number of anilines is 1. The molecule has 25 nitrogen and oxygen atoms in total. The zero-order valence-electron chi connectivity index (χ0n) is 38.0. The molecule has 1 saturated heterocycles. The third-order valence-electron chi connectivity index (χ3n) is 10.6. The predicted octanol–water partition coefficient (Wildman–Crippen LogP) is 3.51. The van der Waals surface area contributed by atoms with Crippen LogP contribution in [0.15, 0.2) is 12.7 Å². The van der Waals surface area contributed by atoms with Crippen molar-refractivity contribution in [2.24, 2.45) is 5.41 Å². The highest BCUT2D eigenvalue weighted by Crippen LogP contribution is 2.61. The van der Waals surface area contributed by atoms with E-state index in [1.54, 1.807) is 0 Å². The fourth-order valence-corrected chi connectivity index (χ4v) is 10.4. The Hall–Kier alpha value is -2.48. The summed E-state index contributed by atoms with van der Waals surface area (Å²) >= 11 is 1.13. The summed E-state index contributed by atoms with van der Waals surface area (Å²) in [5.74, 6) is -1.07. The van der Waals surface area contributed by atoms with Crippen molar-refractivity contribution in [3.63, 3.8) is 0 Å². The number of phosphoric ester groups is 3. The van der Waals surface area contributed by atoms with Gasteiger partial charge in [-0.05, 0) is 19.3 Å². The minimum atomic E-state index is -5.58. The number of fused-ring (bicyclic) bond motifs is 1. The highest BCUT2D eigenvalue weighted by Gasteiger charge is 2.50. The van der Waals surface area contributed by atoms with Gasteiger partial charge in [0.15, 0.2) is 22.8 Å². The molecule has 8 atom stereocenters. The third kappa shape index (κ3) is 21.6. The Labute approximate surface area is 393 Å². The Kier molecular flexibility index (Phi) is 24.9. The second kappa shape index (κ2) is 28.4. The number of imidazole rings is 1. The molecule has 2 aromatic heterocycles. The Bertz CT molecular complexity index is 2010. The van der Waals surface area contributed by atoms with Crippen molar-refractivity contribution < 1.29 is 85.6 Å². The normalized spacial score (nSPS) is 20.6. The van der Waals surface area contributed by atoms with Crippen molar-refractivity contribution in [1.82, 2.24) is 30.2 Å². The first-order valence-electron chi connectivity index (χ1n) is 22.2. The summed E-state index contributed by atoms with van der Waals surface area (Å²) in [5, 5.41) is 36.7. The maximum atomic E-state index is 12.7. The lowest BCUT2D eigenvalue weighted by atomic mass is 9.87. The standard InChI is InChI=1S/C38H68N7O18P3S/c1-4-5-6-9-12-15-26(46)16-13-10-7-8-11-14-17-29(48)67-21-20-40-28(47)18-19-41-36(51)33(50)38(2,3)23-60-66(57,58)63-65(55,56)59-22-27-32(62-64(52,53)54)31(49)37(61-27)45-25-44-30-34(39)42-24-43-35(30)45/h24-27,31-33,37,46,49-50H,4-23H2,1-3H3,(H,40,47)(H,41,51)(H,55,56)(H,57,58)(H2,39,42,43)(H2,52,53,54). The summed E-state index contributed by atoms with van der Waals surface area (Å²) in [6.07, 6.45) is 6.93. The topological polar surface area (TPSA) is 384 Å². The number of nitrogens with two attached hydrogens (primary N) is 1. The number of aliphatic hydroxyl groups excluding tert-OH is 3. The number of hydrogen-bond acceptors (Lipinski definition) is 19. The second-order valence-corrected chi connectivity index (χ2v) is 22.2. The van der Waals surface area contributed by atoms with Crippen LogP contribution in [0.2, 0.25) is 0 Å². The van der Waals surface area contributed by atoms with E-state index in [-0.39, 0.29) is 47.7 Å². The van der Waals surface area contributed by atoms with Gasteiger partial charge in [-0.3, -0.25) is 32.5 Å². The van der Waals surface area contributed by atoms with Crippen molar-refractivity contribution in [3.8, 4) is 0 Å². The molecule has 0 saturated carbocycles. The highest BCUT2D eigenvalue weighted by molar-refractivity contribution is 8.13. The SMILES string of the molecule is CCCCCCCC(O)CCCCCCCCC(=O)SCCNC(=O)CCNC(=O)C(O)C(C)(C)COP(=O)(O)OP(=O)(O)OCC1OC(n2cnc3c(N)ncnc32)C(O)C1OP(=O)(O)O. The van der Waals surface area contributed by atoms with Crippen molar-refractivity contribution >= 4 is 69.1 Å². The van der Waals surface area contributed by atoms with Crippen LogP contribution < -0.4 is 16.4 Å².